The third kappa shape index (κ3) is 2.95. The van der Waals surface area contributed by atoms with Crippen LogP contribution in [0.25, 0.3) is 5.69 Å². The quantitative estimate of drug-likeness (QED) is 0.534. The minimum absolute atomic E-state index is 0.0349. The van der Waals surface area contributed by atoms with Crippen molar-refractivity contribution in [3.05, 3.63) is 42.2 Å². The highest BCUT2D eigenvalue weighted by molar-refractivity contribution is 14.1. The Kier molecular flexibility index (Phi) is 4.63. The van der Waals surface area contributed by atoms with Crippen LogP contribution in [0.1, 0.15) is 11.3 Å². The third-order valence-electron chi connectivity index (χ3n) is 2.48. The number of aromatic nitrogens is 2. The van der Waals surface area contributed by atoms with Crippen molar-refractivity contribution in [2.75, 3.05) is 0 Å². The number of benzene rings is 1. The van der Waals surface area contributed by atoms with Gasteiger partial charge in [-0.25, -0.2) is 4.68 Å². The second-order valence-electron chi connectivity index (χ2n) is 3.73. The number of rotatable bonds is 1. The lowest BCUT2D eigenvalue weighted by atomic mass is 10.2. The van der Waals surface area contributed by atoms with Crippen LogP contribution in [-0.2, 0) is 6.18 Å². The van der Waals surface area contributed by atoms with E-state index in [1.54, 1.807) is 22.6 Å². The first-order chi connectivity index (χ1) is 9.68. The summed E-state index contributed by atoms with van der Waals surface area (Å²) in [5.41, 5.74) is -0.969. The zero-order valence-corrected chi connectivity index (χ0v) is 14.1. The van der Waals surface area contributed by atoms with E-state index in [-0.39, 0.29) is 21.6 Å². The van der Waals surface area contributed by atoms with Crippen LogP contribution in [-0.4, -0.2) is 9.78 Å². The van der Waals surface area contributed by atoms with Crippen LogP contribution in [0.15, 0.2) is 12.1 Å². The Labute approximate surface area is 145 Å². The molecule has 10 heteroatoms. The van der Waals surface area contributed by atoms with Crippen LogP contribution in [0.2, 0.25) is 15.2 Å². The first kappa shape index (κ1) is 16.7. The minimum Gasteiger partial charge on any atom is -0.218 e. The SMILES string of the molecule is N#Cc1nn(-c2ccc(C(F)(F)F)c(Cl)c2Cl)c(Cl)c1I. The van der Waals surface area contributed by atoms with E-state index in [0.717, 1.165) is 16.8 Å². The molecule has 0 saturated heterocycles. The topological polar surface area (TPSA) is 41.6 Å². The Morgan fingerprint density at radius 1 is 1.19 bits per heavy atom. The van der Waals surface area contributed by atoms with Crippen LogP contribution in [0, 0.1) is 14.9 Å². The molecule has 0 aliphatic rings. The summed E-state index contributed by atoms with van der Waals surface area (Å²) in [6.45, 7) is 0. The zero-order chi connectivity index (χ0) is 15.9. The summed E-state index contributed by atoms with van der Waals surface area (Å²) in [5, 5.41) is 11.8. The van der Waals surface area contributed by atoms with Gasteiger partial charge in [0.2, 0.25) is 0 Å². The van der Waals surface area contributed by atoms with Gasteiger partial charge in [-0.1, -0.05) is 34.8 Å². The molecule has 0 aliphatic heterocycles. The predicted molar refractivity (Wildman–Crippen MR) is 81.0 cm³/mol. The van der Waals surface area contributed by atoms with Gasteiger partial charge in [0.25, 0.3) is 0 Å². The van der Waals surface area contributed by atoms with Crippen molar-refractivity contribution in [3.63, 3.8) is 0 Å². The smallest absolute Gasteiger partial charge is 0.218 e. The van der Waals surface area contributed by atoms with Gasteiger partial charge in [0.1, 0.15) is 11.2 Å². The van der Waals surface area contributed by atoms with Crippen LogP contribution >= 0.6 is 57.4 Å². The van der Waals surface area contributed by atoms with Gasteiger partial charge in [-0.3, -0.25) is 0 Å². The molecule has 110 valence electrons. The summed E-state index contributed by atoms with van der Waals surface area (Å²) in [6.07, 6.45) is -4.63. The molecule has 2 aromatic rings. The summed E-state index contributed by atoms with van der Waals surface area (Å²) in [6, 6.07) is 3.68. The number of hydrogen-bond donors (Lipinski definition) is 0. The highest BCUT2D eigenvalue weighted by Crippen LogP contribution is 2.41. The lowest BCUT2D eigenvalue weighted by Crippen LogP contribution is -2.08. The van der Waals surface area contributed by atoms with E-state index in [1.165, 1.54) is 0 Å². The number of hydrogen-bond acceptors (Lipinski definition) is 2. The van der Waals surface area contributed by atoms with Gasteiger partial charge in [-0.15, -0.1) is 0 Å². The Morgan fingerprint density at radius 3 is 2.29 bits per heavy atom. The number of nitriles is 1. The second kappa shape index (κ2) is 5.83. The molecule has 1 heterocycles. The zero-order valence-electron chi connectivity index (χ0n) is 9.64. The maximum absolute atomic E-state index is 12.7. The monoisotopic (exact) mass is 465 g/mol. The van der Waals surface area contributed by atoms with Crippen molar-refractivity contribution in [2.24, 2.45) is 0 Å². The predicted octanol–water partition coefficient (Wildman–Crippen LogP) is 5.33. The van der Waals surface area contributed by atoms with Gasteiger partial charge >= 0.3 is 6.18 Å². The van der Waals surface area contributed by atoms with Gasteiger partial charge in [-0.2, -0.15) is 23.5 Å². The van der Waals surface area contributed by atoms with Crippen molar-refractivity contribution in [1.82, 2.24) is 9.78 Å². The molecule has 0 aliphatic carbocycles. The molecule has 0 radical (unpaired) electrons. The lowest BCUT2D eigenvalue weighted by molar-refractivity contribution is -0.137. The molecule has 1 aromatic carbocycles. The summed E-state index contributed by atoms with van der Waals surface area (Å²) in [5.74, 6) is 0. The van der Waals surface area contributed by atoms with Gasteiger partial charge in [0.05, 0.1) is 24.9 Å². The molecule has 3 nitrogen and oxygen atoms in total. The standard InChI is InChI=1S/C11H2Cl3F3IN3/c12-7-4(11(15,16)17)1-2-6(8(7)13)21-10(14)9(18)5(3-19)20-21/h1-2H. The largest absolute Gasteiger partial charge is 0.417 e. The maximum atomic E-state index is 12.7. The molecule has 0 saturated carbocycles. The van der Waals surface area contributed by atoms with Crippen LogP contribution in [0.4, 0.5) is 13.2 Å². The highest BCUT2D eigenvalue weighted by atomic mass is 127. The second-order valence-corrected chi connectivity index (χ2v) is 5.93. The van der Waals surface area contributed by atoms with E-state index in [4.69, 9.17) is 40.1 Å². The molecule has 0 bridgehead atoms. The van der Waals surface area contributed by atoms with Crippen molar-refractivity contribution in [3.8, 4) is 11.8 Å². The summed E-state index contributed by atoms with van der Waals surface area (Å²) >= 11 is 19.3. The van der Waals surface area contributed by atoms with Crippen molar-refractivity contribution in [1.29, 1.82) is 5.26 Å². The Bertz CT molecular complexity index is 765. The highest BCUT2D eigenvalue weighted by Gasteiger charge is 2.35. The van der Waals surface area contributed by atoms with Crippen LogP contribution < -0.4 is 0 Å². The number of halogens is 7. The molecule has 2 rings (SSSR count). The van der Waals surface area contributed by atoms with E-state index in [2.05, 4.69) is 5.10 Å². The Balaban J connectivity index is 2.68. The number of alkyl halides is 3. The third-order valence-corrected chi connectivity index (χ3v) is 5.04. The maximum Gasteiger partial charge on any atom is 0.417 e. The molecule has 0 N–H and O–H groups in total. The molecule has 21 heavy (non-hydrogen) atoms. The summed E-state index contributed by atoms with van der Waals surface area (Å²) in [7, 11) is 0. The van der Waals surface area contributed by atoms with E-state index >= 15 is 0 Å². The van der Waals surface area contributed by atoms with E-state index in [0.29, 0.717) is 3.57 Å². The fourth-order valence-corrected chi connectivity index (χ4v) is 2.72. The van der Waals surface area contributed by atoms with Crippen molar-refractivity contribution >= 4 is 57.4 Å². The lowest BCUT2D eigenvalue weighted by Gasteiger charge is -2.13. The van der Waals surface area contributed by atoms with E-state index < -0.39 is 16.8 Å². The van der Waals surface area contributed by atoms with E-state index in [1.807, 2.05) is 6.07 Å². The van der Waals surface area contributed by atoms with Gasteiger partial charge < -0.3 is 0 Å². The number of nitrogens with zero attached hydrogens (tertiary/aromatic N) is 3. The van der Waals surface area contributed by atoms with Crippen molar-refractivity contribution in [2.45, 2.75) is 6.18 Å². The molecule has 0 spiro atoms. The molecular formula is C11H2Cl3F3IN3. The van der Waals surface area contributed by atoms with Gasteiger partial charge in [0, 0.05) is 0 Å². The molecule has 0 atom stereocenters. The minimum atomic E-state index is -4.63. The molecular weight excluding hydrogens is 464 g/mol. The van der Waals surface area contributed by atoms with Gasteiger partial charge in [-0.05, 0) is 34.7 Å². The van der Waals surface area contributed by atoms with Crippen LogP contribution in [0.3, 0.4) is 0 Å². The van der Waals surface area contributed by atoms with Crippen molar-refractivity contribution < 1.29 is 13.2 Å². The molecule has 1 aromatic heterocycles. The fraction of sp³-hybridized carbons (Fsp3) is 0.0909. The first-order valence-electron chi connectivity index (χ1n) is 5.08. The van der Waals surface area contributed by atoms with E-state index in [9.17, 15) is 13.2 Å². The molecule has 0 amide bonds. The fourth-order valence-electron chi connectivity index (χ4n) is 1.53. The molecule has 0 fully saturated rings. The Hall–Kier alpha value is -0.690. The normalized spacial score (nSPS) is 11.5. The molecule has 0 unspecified atom stereocenters. The average molecular weight is 466 g/mol. The van der Waals surface area contributed by atoms with Gasteiger partial charge in [0.15, 0.2) is 5.69 Å². The summed E-state index contributed by atoms with van der Waals surface area (Å²) in [4.78, 5) is 0. The van der Waals surface area contributed by atoms with Crippen LogP contribution in [0.5, 0.6) is 0 Å². The average Bonchev–Trinajstić information content (AvgIpc) is 2.68. The first-order valence-corrected chi connectivity index (χ1v) is 7.29. The summed E-state index contributed by atoms with van der Waals surface area (Å²) < 4.78 is 39.6. The Morgan fingerprint density at radius 2 is 1.81 bits per heavy atom.